The van der Waals surface area contributed by atoms with Gasteiger partial charge in [0.1, 0.15) is 5.75 Å². The molecule has 2 rings (SSSR count). The molecular weight excluding hydrogens is 356 g/mol. The van der Waals surface area contributed by atoms with Crippen molar-refractivity contribution in [3.05, 3.63) is 24.3 Å². The van der Waals surface area contributed by atoms with Gasteiger partial charge in [-0.25, -0.2) is 0 Å². The molecule has 0 aliphatic rings. The zero-order valence-electron chi connectivity index (χ0n) is 16.3. The van der Waals surface area contributed by atoms with Crippen LogP contribution in [0.4, 0.5) is 0 Å². The second kappa shape index (κ2) is 9.60. The number of benzene rings is 1. The van der Waals surface area contributed by atoms with Gasteiger partial charge in [0.05, 0.1) is 13.2 Å². The highest BCUT2D eigenvalue weighted by atomic mass is 32.2. The molecule has 26 heavy (non-hydrogen) atoms. The largest absolute Gasteiger partial charge is 0.497 e. The molecule has 0 aliphatic carbocycles. The van der Waals surface area contributed by atoms with Crippen LogP contribution in [0, 0.1) is 0 Å². The van der Waals surface area contributed by atoms with E-state index in [0.717, 1.165) is 15.6 Å². The minimum absolute atomic E-state index is 0.0487. The Kier molecular flexibility index (Phi) is 8.12. The van der Waals surface area contributed by atoms with Crippen LogP contribution in [0.3, 0.4) is 0 Å². The maximum Gasteiger partial charge on any atom is 0.279 e. The van der Waals surface area contributed by atoms with E-state index in [1.165, 1.54) is 14.1 Å². The van der Waals surface area contributed by atoms with Crippen molar-refractivity contribution in [3.63, 3.8) is 0 Å². The molecule has 0 unspecified atom stereocenters. The number of aromatic nitrogens is 4. The van der Waals surface area contributed by atoms with Crippen molar-refractivity contribution in [2.24, 2.45) is 0 Å². The van der Waals surface area contributed by atoms with Crippen LogP contribution in [0.5, 0.6) is 5.75 Å². The predicted molar refractivity (Wildman–Crippen MR) is 101 cm³/mol. The van der Waals surface area contributed by atoms with Gasteiger partial charge in [0.25, 0.3) is 10.2 Å². The molecule has 0 amide bonds. The summed E-state index contributed by atoms with van der Waals surface area (Å²) in [5.74, 6) is 1.45. The summed E-state index contributed by atoms with van der Waals surface area (Å²) in [6, 6.07) is 7.77. The smallest absolute Gasteiger partial charge is 0.279 e. The highest BCUT2D eigenvalue weighted by Gasteiger charge is 2.13. The Labute approximate surface area is 155 Å². The van der Waals surface area contributed by atoms with Gasteiger partial charge in [0.15, 0.2) is 0 Å². The van der Waals surface area contributed by atoms with Crippen molar-refractivity contribution in [1.29, 1.82) is 0 Å². The number of hydrogen-bond donors (Lipinski definition) is 1. The van der Waals surface area contributed by atoms with Crippen molar-refractivity contribution in [2.45, 2.75) is 39.8 Å². The van der Waals surface area contributed by atoms with Gasteiger partial charge in [-0.05, 0) is 57.2 Å². The molecule has 0 saturated carbocycles. The fourth-order valence-electron chi connectivity index (χ4n) is 1.70. The van der Waals surface area contributed by atoms with Gasteiger partial charge in [0, 0.05) is 25.7 Å². The average Bonchev–Trinajstić information content (AvgIpc) is 3.04. The van der Waals surface area contributed by atoms with Crippen molar-refractivity contribution in [1.82, 2.24) is 29.2 Å². The highest BCUT2D eigenvalue weighted by Crippen LogP contribution is 2.18. The lowest BCUT2D eigenvalue weighted by Crippen LogP contribution is -2.39. The molecule has 0 aliphatic heterocycles. The molecule has 0 bridgehead atoms. The first-order chi connectivity index (χ1) is 12.1. The first-order valence-electron chi connectivity index (χ1n) is 8.20. The summed E-state index contributed by atoms with van der Waals surface area (Å²) in [5, 5.41) is 12.3. The van der Waals surface area contributed by atoms with Crippen molar-refractivity contribution < 1.29 is 13.2 Å². The summed E-state index contributed by atoms with van der Waals surface area (Å²) in [5.41, 5.74) is 0.938. The predicted octanol–water partition coefficient (Wildman–Crippen LogP) is 1.72. The van der Waals surface area contributed by atoms with E-state index in [2.05, 4.69) is 20.1 Å². The van der Waals surface area contributed by atoms with E-state index in [1.807, 2.05) is 38.1 Å². The Bertz CT molecular complexity index is 770. The number of rotatable bonds is 6. The third-order valence-corrected chi connectivity index (χ3v) is 4.83. The fourth-order valence-corrected chi connectivity index (χ4v) is 2.51. The molecule has 1 heterocycles. The zero-order valence-corrected chi connectivity index (χ0v) is 17.1. The van der Waals surface area contributed by atoms with Gasteiger partial charge < -0.3 is 4.74 Å². The van der Waals surface area contributed by atoms with Crippen LogP contribution in [-0.2, 0) is 10.2 Å². The van der Waals surface area contributed by atoms with Gasteiger partial charge in [-0.2, -0.15) is 22.2 Å². The van der Waals surface area contributed by atoms with E-state index >= 15 is 0 Å². The van der Waals surface area contributed by atoms with Crippen molar-refractivity contribution in [3.8, 4) is 17.1 Å². The third kappa shape index (κ3) is 6.70. The van der Waals surface area contributed by atoms with E-state index in [0.29, 0.717) is 5.82 Å². The van der Waals surface area contributed by atoms with Crippen molar-refractivity contribution in [2.75, 3.05) is 21.2 Å². The number of nitrogens with zero attached hydrogens (tertiary/aromatic N) is 5. The van der Waals surface area contributed by atoms with Gasteiger partial charge in [-0.15, -0.1) is 10.2 Å². The molecule has 9 nitrogen and oxygen atoms in total. The zero-order chi connectivity index (χ0) is 19.9. The molecule has 0 spiro atoms. The standard InChI is InChI=1S/C11H14N4O.C5H14N2O2S/c1-8(2)15-13-11(12-14-15)9-4-6-10(16-3)7-5-9;1-5(2)6-10(8,9)7(3)4/h4-8H,1-3H3;5-6H,1-4H3. The van der Waals surface area contributed by atoms with Crippen LogP contribution < -0.4 is 9.46 Å². The molecule has 0 radical (unpaired) electrons. The number of ether oxygens (including phenoxy) is 1. The fraction of sp³-hybridized carbons (Fsp3) is 0.562. The number of nitrogens with one attached hydrogen (secondary N) is 1. The number of hydrogen-bond acceptors (Lipinski definition) is 6. The monoisotopic (exact) mass is 384 g/mol. The molecule has 10 heteroatoms. The molecule has 0 saturated heterocycles. The minimum Gasteiger partial charge on any atom is -0.497 e. The second-order valence-electron chi connectivity index (χ2n) is 6.32. The minimum atomic E-state index is -3.21. The van der Waals surface area contributed by atoms with E-state index in [-0.39, 0.29) is 12.1 Å². The SMILES string of the molecule is CC(C)NS(=O)(=O)N(C)C.COc1ccc(-c2nnn(C(C)C)n2)cc1. The van der Waals surface area contributed by atoms with Gasteiger partial charge in [0.2, 0.25) is 5.82 Å². The second-order valence-corrected chi connectivity index (χ2v) is 8.23. The van der Waals surface area contributed by atoms with Gasteiger partial charge >= 0.3 is 0 Å². The van der Waals surface area contributed by atoms with E-state index < -0.39 is 10.2 Å². The molecular formula is C16H28N6O3S. The third-order valence-electron chi connectivity index (χ3n) is 3.10. The molecule has 0 fully saturated rings. The summed E-state index contributed by atoms with van der Waals surface area (Å²) in [7, 11) is 1.41. The molecule has 1 aromatic heterocycles. The normalized spacial score (nSPS) is 11.6. The maximum absolute atomic E-state index is 11.0. The molecule has 1 N–H and O–H groups in total. The van der Waals surface area contributed by atoms with E-state index in [4.69, 9.17) is 4.74 Å². The Morgan fingerprint density at radius 3 is 2.04 bits per heavy atom. The first kappa shape index (κ1) is 22.0. The Morgan fingerprint density at radius 1 is 1.12 bits per heavy atom. The van der Waals surface area contributed by atoms with Crippen LogP contribution >= 0.6 is 0 Å². The van der Waals surface area contributed by atoms with Gasteiger partial charge in [-0.1, -0.05) is 0 Å². The lowest BCUT2D eigenvalue weighted by molar-refractivity contribution is 0.415. The van der Waals surface area contributed by atoms with Crippen molar-refractivity contribution >= 4 is 10.2 Å². The summed E-state index contributed by atoms with van der Waals surface area (Å²) in [6.07, 6.45) is 0. The quantitative estimate of drug-likeness (QED) is 0.813. The molecule has 0 atom stereocenters. The van der Waals surface area contributed by atoms with Crippen LogP contribution in [0.2, 0.25) is 0 Å². The number of methoxy groups -OCH3 is 1. The lowest BCUT2D eigenvalue weighted by Gasteiger charge is -2.14. The van der Waals surface area contributed by atoms with Crippen LogP contribution in [0.1, 0.15) is 33.7 Å². The van der Waals surface area contributed by atoms with Crippen LogP contribution in [-0.4, -0.2) is 60.2 Å². The molecule has 2 aromatic rings. The maximum atomic E-state index is 11.0. The molecule has 146 valence electrons. The lowest BCUT2D eigenvalue weighted by atomic mass is 10.2. The Balaban J connectivity index is 0.000000294. The summed E-state index contributed by atoms with van der Waals surface area (Å²) in [6.45, 7) is 7.58. The van der Waals surface area contributed by atoms with Gasteiger partial charge in [-0.3, -0.25) is 0 Å². The van der Waals surface area contributed by atoms with Crippen LogP contribution in [0.25, 0.3) is 11.4 Å². The van der Waals surface area contributed by atoms with Crippen LogP contribution in [0.15, 0.2) is 24.3 Å². The van der Waals surface area contributed by atoms with E-state index in [1.54, 1.807) is 25.8 Å². The van der Waals surface area contributed by atoms with E-state index in [9.17, 15) is 8.42 Å². The topological polar surface area (TPSA) is 102 Å². The summed E-state index contributed by atoms with van der Waals surface area (Å²) in [4.78, 5) is 1.60. The Morgan fingerprint density at radius 2 is 1.69 bits per heavy atom. The average molecular weight is 385 g/mol. The summed E-state index contributed by atoms with van der Waals surface area (Å²) < 4.78 is 30.6. The molecule has 1 aromatic carbocycles. The Hall–Kier alpha value is -2.04. The number of tetrazole rings is 1. The highest BCUT2D eigenvalue weighted by molar-refractivity contribution is 7.87. The first-order valence-corrected chi connectivity index (χ1v) is 9.64. The summed E-state index contributed by atoms with van der Waals surface area (Å²) >= 11 is 0.